The van der Waals surface area contributed by atoms with Gasteiger partial charge >= 0.3 is 0 Å². The summed E-state index contributed by atoms with van der Waals surface area (Å²) in [7, 11) is 3.72. The Morgan fingerprint density at radius 3 is 2.62 bits per heavy atom. The van der Waals surface area contributed by atoms with Crippen LogP contribution in [0.15, 0.2) is 59.1 Å². The second kappa shape index (κ2) is 10.8. The highest BCUT2D eigenvalue weighted by Crippen LogP contribution is 2.39. The van der Waals surface area contributed by atoms with Gasteiger partial charge in [-0.2, -0.15) is 5.26 Å². The number of fused-ring (bicyclic) bond motifs is 3. The van der Waals surface area contributed by atoms with Crippen molar-refractivity contribution in [3.8, 4) is 40.0 Å². The summed E-state index contributed by atoms with van der Waals surface area (Å²) in [5.41, 5.74) is 4.75. The molecule has 9 heteroatoms. The summed E-state index contributed by atoms with van der Waals surface area (Å²) in [4.78, 5) is 22.2. The molecule has 0 spiro atoms. The number of likely N-dealkylation sites (tertiary alicyclic amines) is 2. The fraction of sp³-hybridized carbons (Fsp3) is 0.364. The highest BCUT2D eigenvalue weighted by atomic mass is 16.5. The van der Waals surface area contributed by atoms with Gasteiger partial charge in [0.15, 0.2) is 5.58 Å². The Morgan fingerprint density at radius 1 is 1.02 bits per heavy atom. The van der Waals surface area contributed by atoms with Gasteiger partial charge in [-0.05, 0) is 55.4 Å². The maximum Gasteiger partial charge on any atom is 0.254 e. The molecule has 42 heavy (non-hydrogen) atoms. The first-order valence-electron chi connectivity index (χ1n) is 14.4. The third-order valence-corrected chi connectivity index (χ3v) is 8.77. The number of pyridine rings is 1. The lowest BCUT2D eigenvalue weighted by Gasteiger charge is -2.32. The van der Waals surface area contributed by atoms with Crippen molar-refractivity contribution >= 4 is 17.0 Å². The highest BCUT2D eigenvalue weighted by Gasteiger charge is 2.43. The second-order valence-corrected chi connectivity index (χ2v) is 11.3. The number of carbonyl (C=O) groups is 1. The number of carbonyl (C=O) groups excluding carboxylic acids is 1. The molecule has 3 saturated heterocycles. The van der Waals surface area contributed by atoms with E-state index in [1.165, 1.54) is 0 Å². The van der Waals surface area contributed by atoms with E-state index in [0.717, 1.165) is 49.0 Å². The van der Waals surface area contributed by atoms with Crippen molar-refractivity contribution in [2.24, 2.45) is 0 Å². The molecular formula is C33H32N4O5. The normalized spacial score (nSPS) is 20.6. The molecule has 2 aromatic heterocycles. The summed E-state index contributed by atoms with van der Waals surface area (Å²) in [6.45, 7) is 3.02. The van der Waals surface area contributed by atoms with Crippen LogP contribution >= 0.6 is 0 Å². The van der Waals surface area contributed by atoms with Crippen molar-refractivity contribution in [2.45, 2.75) is 37.5 Å². The van der Waals surface area contributed by atoms with Gasteiger partial charge in [-0.3, -0.25) is 14.7 Å². The van der Waals surface area contributed by atoms with Gasteiger partial charge in [0.2, 0.25) is 0 Å². The molecule has 0 saturated carbocycles. The number of ether oxygens (including phenoxy) is 3. The van der Waals surface area contributed by atoms with Gasteiger partial charge in [-0.1, -0.05) is 6.07 Å². The van der Waals surface area contributed by atoms with Crippen LogP contribution in [0.25, 0.3) is 33.6 Å². The van der Waals surface area contributed by atoms with E-state index in [0.29, 0.717) is 58.7 Å². The number of aromatic nitrogens is 1. The predicted molar refractivity (Wildman–Crippen MR) is 156 cm³/mol. The van der Waals surface area contributed by atoms with Crippen LogP contribution < -0.4 is 9.47 Å². The fourth-order valence-electron chi connectivity index (χ4n) is 6.47. The zero-order valence-corrected chi connectivity index (χ0v) is 23.7. The molecule has 9 nitrogen and oxygen atoms in total. The van der Waals surface area contributed by atoms with E-state index in [9.17, 15) is 10.1 Å². The maximum absolute atomic E-state index is 13.4. The van der Waals surface area contributed by atoms with Crippen LogP contribution in [0, 0.1) is 11.3 Å². The zero-order valence-electron chi connectivity index (χ0n) is 23.7. The van der Waals surface area contributed by atoms with Crippen molar-refractivity contribution in [3.05, 3.63) is 65.9 Å². The van der Waals surface area contributed by atoms with E-state index in [1.54, 1.807) is 19.4 Å². The van der Waals surface area contributed by atoms with Crippen molar-refractivity contribution in [3.63, 3.8) is 0 Å². The molecule has 5 heterocycles. The number of nitrogens with zero attached hydrogens (tertiary/aromatic N) is 4. The van der Waals surface area contributed by atoms with Crippen molar-refractivity contribution in [1.29, 1.82) is 5.26 Å². The number of hydrogen-bond acceptors (Lipinski definition) is 8. The Morgan fingerprint density at radius 2 is 1.88 bits per heavy atom. The third-order valence-electron chi connectivity index (χ3n) is 8.77. The molecule has 2 atom stereocenters. The molecule has 3 aliphatic rings. The number of nitriles is 1. The number of hydrogen-bond donors (Lipinski definition) is 0. The van der Waals surface area contributed by atoms with Crippen LogP contribution in [0.5, 0.6) is 11.5 Å². The van der Waals surface area contributed by atoms with Gasteiger partial charge in [0.1, 0.15) is 34.9 Å². The average molecular weight is 565 g/mol. The van der Waals surface area contributed by atoms with Crippen molar-refractivity contribution in [1.82, 2.24) is 14.8 Å². The molecule has 3 fully saturated rings. The van der Waals surface area contributed by atoms with Gasteiger partial charge in [-0.15, -0.1) is 0 Å². The molecule has 0 radical (unpaired) electrons. The zero-order chi connectivity index (χ0) is 28.8. The molecule has 3 aliphatic heterocycles. The van der Waals surface area contributed by atoms with Gasteiger partial charge in [0.05, 0.1) is 31.5 Å². The smallest absolute Gasteiger partial charge is 0.254 e. The van der Waals surface area contributed by atoms with Gasteiger partial charge in [0.25, 0.3) is 5.91 Å². The molecule has 1 amide bonds. The van der Waals surface area contributed by atoms with E-state index in [4.69, 9.17) is 18.6 Å². The topological polar surface area (TPSA) is 101 Å². The fourth-order valence-corrected chi connectivity index (χ4v) is 6.47. The lowest BCUT2D eigenvalue weighted by atomic mass is 10.0. The van der Waals surface area contributed by atoms with E-state index >= 15 is 0 Å². The molecule has 7 rings (SSSR count). The van der Waals surface area contributed by atoms with Gasteiger partial charge in [0, 0.05) is 61.4 Å². The molecule has 2 bridgehead atoms. The number of amides is 1. The predicted octanol–water partition coefficient (Wildman–Crippen LogP) is 5.13. The maximum atomic E-state index is 13.4. The first kappa shape index (κ1) is 26.5. The Bertz CT molecular complexity index is 1700. The molecular weight excluding hydrogens is 532 g/mol. The summed E-state index contributed by atoms with van der Waals surface area (Å²) in [5, 5.41) is 9.88. The standard InChI is InChI=1S/C33H32N4O5/c1-36-18-24-15-23(36)19-37(24)33(38)21-3-5-27(30(14-21)39-2)31-16-28-32(42-31)26(7-10-35-28)20-4-6-29(22(13-20)17-34)41-25-8-11-40-12-9-25/h3-7,10,13-14,16,23-25H,8-9,11-12,15,18-19H2,1-2H3/t23-,24-/m1/s1. The number of furan rings is 1. The minimum atomic E-state index is 0.0338. The SMILES string of the molecule is COc1cc(C(=O)N2C[C@H]3C[C@@H]2CN3C)ccc1-c1cc2nccc(-c3ccc(OC4CCOCC4)c(C#N)c3)c2o1. The van der Waals surface area contributed by atoms with Crippen LogP contribution in [0.4, 0.5) is 0 Å². The average Bonchev–Trinajstić information content (AvgIpc) is 3.75. The number of benzene rings is 2. The Labute approximate surface area is 244 Å². The number of rotatable bonds is 6. The Balaban J connectivity index is 1.18. The van der Waals surface area contributed by atoms with Crippen LogP contribution in [0.2, 0.25) is 0 Å². The van der Waals surface area contributed by atoms with Crippen LogP contribution in [-0.2, 0) is 4.74 Å². The summed E-state index contributed by atoms with van der Waals surface area (Å²) in [6, 6.07) is 17.9. The summed E-state index contributed by atoms with van der Waals surface area (Å²) < 4.78 is 23.7. The van der Waals surface area contributed by atoms with Crippen molar-refractivity contribution < 1.29 is 23.4 Å². The lowest BCUT2D eigenvalue weighted by Crippen LogP contribution is -2.47. The van der Waals surface area contributed by atoms with Crippen molar-refractivity contribution in [2.75, 3.05) is 40.5 Å². The molecule has 0 N–H and O–H groups in total. The minimum Gasteiger partial charge on any atom is -0.496 e. The molecule has 4 aromatic rings. The van der Waals surface area contributed by atoms with Gasteiger partial charge < -0.3 is 23.5 Å². The molecule has 2 aromatic carbocycles. The molecule has 0 aliphatic carbocycles. The number of piperazine rings is 1. The van der Waals surface area contributed by atoms with Crippen LogP contribution in [-0.4, -0.2) is 79.3 Å². The lowest BCUT2D eigenvalue weighted by molar-refractivity contribution is 0.0254. The Hall–Kier alpha value is -4.39. The molecule has 214 valence electrons. The third kappa shape index (κ3) is 4.67. The first-order valence-corrected chi connectivity index (χ1v) is 14.4. The summed E-state index contributed by atoms with van der Waals surface area (Å²) >= 11 is 0. The largest absolute Gasteiger partial charge is 0.496 e. The van der Waals surface area contributed by atoms with E-state index in [2.05, 4.69) is 23.0 Å². The summed E-state index contributed by atoms with van der Waals surface area (Å²) in [6.07, 6.45) is 4.42. The monoisotopic (exact) mass is 564 g/mol. The first-order chi connectivity index (χ1) is 20.5. The number of likely N-dealkylation sites (N-methyl/N-ethyl adjacent to an activating group) is 1. The van der Waals surface area contributed by atoms with Crippen LogP contribution in [0.3, 0.4) is 0 Å². The van der Waals surface area contributed by atoms with Gasteiger partial charge in [-0.25, -0.2) is 0 Å². The highest BCUT2D eigenvalue weighted by molar-refractivity contribution is 5.97. The second-order valence-electron chi connectivity index (χ2n) is 11.3. The Kier molecular flexibility index (Phi) is 6.81. The van der Waals surface area contributed by atoms with E-state index in [-0.39, 0.29) is 18.1 Å². The van der Waals surface area contributed by atoms with Crippen LogP contribution in [0.1, 0.15) is 35.2 Å². The minimum absolute atomic E-state index is 0.0338. The van der Waals surface area contributed by atoms with E-state index in [1.807, 2.05) is 47.4 Å². The number of methoxy groups -OCH3 is 1. The molecule has 0 unspecified atom stereocenters. The quantitative estimate of drug-likeness (QED) is 0.318. The summed E-state index contributed by atoms with van der Waals surface area (Å²) in [5.74, 6) is 1.75. The van der Waals surface area contributed by atoms with E-state index < -0.39 is 0 Å².